The number of hydrogen-bond donors (Lipinski definition) is 2. The predicted octanol–water partition coefficient (Wildman–Crippen LogP) is 0.863. The molecule has 0 bridgehead atoms. The first kappa shape index (κ1) is 19.8. The van der Waals surface area contributed by atoms with Crippen molar-refractivity contribution in [2.75, 3.05) is 25.0 Å². The molecule has 0 radical (unpaired) electrons. The van der Waals surface area contributed by atoms with Crippen LogP contribution in [0, 0.1) is 6.92 Å². The third-order valence-electron chi connectivity index (χ3n) is 4.59. The lowest BCUT2D eigenvalue weighted by molar-refractivity contribution is -0.118. The Morgan fingerprint density at radius 3 is 2.32 bits per heavy atom. The Labute approximate surface area is 150 Å². The molecule has 2 rings (SSSR count). The quantitative estimate of drug-likeness (QED) is 0.778. The van der Waals surface area contributed by atoms with Crippen molar-refractivity contribution < 1.29 is 13.2 Å². The number of nitrogens with one attached hydrogen (secondary N) is 2. The van der Waals surface area contributed by atoms with Crippen molar-refractivity contribution >= 4 is 21.6 Å². The van der Waals surface area contributed by atoms with Crippen LogP contribution in [0.2, 0.25) is 0 Å². The number of sulfonamides is 1. The summed E-state index contributed by atoms with van der Waals surface area (Å²) in [6.07, 6.45) is 0. The van der Waals surface area contributed by atoms with Crippen LogP contribution in [0.1, 0.15) is 26.3 Å². The Hall–Kier alpha value is -1.48. The van der Waals surface area contributed by atoms with Crippen molar-refractivity contribution in [2.24, 2.45) is 0 Å². The molecule has 25 heavy (non-hydrogen) atoms. The molecule has 140 valence electrons. The fraction of sp³-hybridized carbons (Fsp3) is 0.588. The number of anilines is 1. The van der Waals surface area contributed by atoms with E-state index in [1.54, 1.807) is 4.90 Å². The van der Waals surface area contributed by atoms with Crippen LogP contribution >= 0.6 is 0 Å². The standard InChI is InChI=1S/C17H28N4O3S/c1-6-21(15-9-7-8-12(2)10-15)16(22)11-20(5)25(23,24)17-13(3)18-19-14(17)4/h7-10,13-14,17-19H,6,11H2,1-5H3. The topological polar surface area (TPSA) is 81.8 Å². The fourth-order valence-corrected chi connectivity index (χ4v) is 5.12. The Kier molecular flexibility index (Phi) is 6.21. The first-order valence-electron chi connectivity index (χ1n) is 8.51. The van der Waals surface area contributed by atoms with Crippen molar-refractivity contribution in [1.29, 1.82) is 0 Å². The highest BCUT2D eigenvalue weighted by molar-refractivity contribution is 7.89. The van der Waals surface area contributed by atoms with Gasteiger partial charge in [0, 0.05) is 31.4 Å². The lowest BCUT2D eigenvalue weighted by Crippen LogP contribution is -2.49. The number of benzene rings is 1. The highest BCUT2D eigenvalue weighted by Gasteiger charge is 2.42. The molecule has 1 amide bonds. The monoisotopic (exact) mass is 368 g/mol. The molecule has 1 aliphatic rings. The third-order valence-corrected chi connectivity index (χ3v) is 7.09. The number of likely N-dealkylation sites (N-methyl/N-ethyl adjacent to an activating group) is 2. The van der Waals surface area contributed by atoms with Crippen LogP contribution in [0.3, 0.4) is 0 Å². The molecule has 1 heterocycles. The van der Waals surface area contributed by atoms with Crippen LogP contribution < -0.4 is 15.8 Å². The van der Waals surface area contributed by atoms with Gasteiger partial charge in [-0.3, -0.25) is 15.6 Å². The summed E-state index contributed by atoms with van der Waals surface area (Å²) in [6.45, 7) is 7.78. The predicted molar refractivity (Wildman–Crippen MR) is 99.7 cm³/mol. The van der Waals surface area contributed by atoms with Gasteiger partial charge in [0.05, 0.1) is 6.54 Å². The fourth-order valence-electron chi connectivity index (χ4n) is 3.25. The number of nitrogens with zero attached hydrogens (tertiary/aromatic N) is 2. The summed E-state index contributed by atoms with van der Waals surface area (Å²) in [7, 11) is -2.14. The van der Waals surface area contributed by atoms with Crippen LogP contribution in [0.15, 0.2) is 24.3 Å². The minimum atomic E-state index is -3.60. The summed E-state index contributed by atoms with van der Waals surface area (Å²) < 4.78 is 26.9. The SMILES string of the molecule is CCN(C(=O)CN(C)S(=O)(=O)C1C(C)NNC1C)c1cccc(C)c1. The number of hydrogen-bond acceptors (Lipinski definition) is 5. The van der Waals surface area contributed by atoms with E-state index in [0.717, 1.165) is 11.3 Å². The number of hydrazine groups is 1. The molecule has 1 aromatic rings. The van der Waals surface area contributed by atoms with Gasteiger partial charge in [-0.2, -0.15) is 4.31 Å². The zero-order valence-electron chi connectivity index (χ0n) is 15.5. The summed E-state index contributed by atoms with van der Waals surface area (Å²) in [5, 5.41) is -0.612. The number of carbonyl (C=O) groups is 1. The minimum absolute atomic E-state index is 0.181. The second kappa shape index (κ2) is 7.82. The Morgan fingerprint density at radius 1 is 1.20 bits per heavy atom. The first-order valence-corrected chi connectivity index (χ1v) is 10.0. The van der Waals surface area contributed by atoms with Gasteiger partial charge in [0.1, 0.15) is 5.25 Å². The molecule has 1 fully saturated rings. The van der Waals surface area contributed by atoms with Gasteiger partial charge in [-0.05, 0) is 45.4 Å². The number of rotatable bonds is 6. The molecule has 1 saturated heterocycles. The molecule has 7 nitrogen and oxygen atoms in total. The number of amides is 1. The molecular weight excluding hydrogens is 340 g/mol. The third kappa shape index (κ3) is 4.20. The van der Waals surface area contributed by atoms with Crippen molar-refractivity contribution in [3.8, 4) is 0 Å². The van der Waals surface area contributed by atoms with E-state index in [1.807, 2.05) is 52.0 Å². The van der Waals surface area contributed by atoms with E-state index in [-0.39, 0.29) is 24.5 Å². The maximum Gasteiger partial charge on any atom is 0.242 e. The molecule has 0 aromatic heterocycles. The van der Waals surface area contributed by atoms with E-state index in [4.69, 9.17) is 0 Å². The van der Waals surface area contributed by atoms with Gasteiger partial charge >= 0.3 is 0 Å². The first-order chi connectivity index (χ1) is 11.7. The van der Waals surface area contributed by atoms with Crippen LogP contribution in [-0.2, 0) is 14.8 Å². The van der Waals surface area contributed by atoms with Gasteiger partial charge in [-0.25, -0.2) is 8.42 Å². The Bertz CT molecular complexity index is 712. The summed E-state index contributed by atoms with van der Waals surface area (Å²) in [5.74, 6) is -0.238. The van der Waals surface area contributed by atoms with Crippen molar-refractivity contribution in [2.45, 2.75) is 45.0 Å². The molecule has 2 unspecified atom stereocenters. The van der Waals surface area contributed by atoms with Gasteiger partial charge in [-0.15, -0.1) is 0 Å². The molecule has 8 heteroatoms. The van der Waals surface area contributed by atoms with Crippen LogP contribution in [0.4, 0.5) is 5.69 Å². The lowest BCUT2D eigenvalue weighted by Gasteiger charge is -2.28. The summed E-state index contributed by atoms with van der Waals surface area (Å²) in [6, 6.07) is 7.18. The number of carbonyl (C=O) groups excluding carboxylic acids is 1. The van der Waals surface area contributed by atoms with E-state index < -0.39 is 15.3 Å². The number of aryl methyl sites for hydroxylation is 1. The van der Waals surface area contributed by atoms with Crippen molar-refractivity contribution in [3.05, 3.63) is 29.8 Å². The van der Waals surface area contributed by atoms with Gasteiger partial charge in [0.25, 0.3) is 0 Å². The molecule has 1 aliphatic heterocycles. The summed E-state index contributed by atoms with van der Waals surface area (Å²) >= 11 is 0. The molecule has 2 N–H and O–H groups in total. The smallest absolute Gasteiger partial charge is 0.242 e. The van der Waals surface area contributed by atoms with E-state index in [0.29, 0.717) is 6.54 Å². The highest BCUT2D eigenvalue weighted by Crippen LogP contribution is 2.20. The largest absolute Gasteiger partial charge is 0.312 e. The van der Waals surface area contributed by atoms with Crippen LogP contribution in [-0.4, -0.2) is 56.1 Å². The molecule has 2 atom stereocenters. The molecule has 0 spiro atoms. The van der Waals surface area contributed by atoms with Gasteiger partial charge < -0.3 is 4.90 Å². The molecule has 0 saturated carbocycles. The average Bonchev–Trinajstić information content (AvgIpc) is 2.87. The van der Waals surface area contributed by atoms with Gasteiger partial charge in [0.2, 0.25) is 15.9 Å². The average molecular weight is 369 g/mol. The van der Waals surface area contributed by atoms with E-state index >= 15 is 0 Å². The second-order valence-electron chi connectivity index (χ2n) is 6.61. The normalized spacial score (nSPS) is 23.8. The minimum Gasteiger partial charge on any atom is -0.312 e. The highest BCUT2D eigenvalue weighted by atomic mass is 32.2. The zero-order chi connectivity index (χ0) is 18.8. The van der Waals surface area contributed by atoms with E-state index in [2.05, 4.69) is 10.9 Å². The van der Waals surface area contributed by atoms with Crippen LogP contribution in [0.5, 0.6) is 0 Å². The molecule has 0 aliphatic carbocycles. The second-order valence-corrected chi connectivity index (χ2v) is 8.81. The van der Waals surface area contributed by atoms with Crippen molar-refractivity contribution in [3.63, 3.8) is 0 Å². The summed E-state index contributed by atoms with van der Waals surface area (Å²) in [4.78, 5) is 14.3. The van der Waals surface area contributed by atoms with Crippen LogP contribution in [0.25, 0.3) is 0 Å². The maximum absolute atomic E-state index is 12.9. The Balaban J connectivity index is 2.15. The van der Waals surface area contributed by atoms with E-state index in [9.17, 15) is 13.2 Å². The Morgan fingerprint density at radius 2 is 1.80 bits per heavy atom. The van der Waals surface area contributed by atoms with Gasteiger partial charge in [0.15, 0.2) is 0 Å². The van der Waals surface area contributed by atoms with E-state index in [1.165, 1.54) is 11.4 Å². The van der Waals surface area contributed by atoms with Gasteiger partial charge in [-0.1, -0.05) is 12.1 Å². The zero-order valence-corrected chi connectivity index (χ0v) is 16.3. The molecule has 1 aromatic carbocycles. The van der Waals surface area contributed by atoms with Crippen molar-refractivity contribution in [1.82, 2.24) is 15.2 Å². The maximum atomic E-state index is 12.9. The lowest BCUT2D eigenvalue weighted by atomic mass is 10.2. The summed E-state index contributed by atoms with van der Waals surface area (Å²) in [5.41, 5.74) is 7.73. The molecular formula is C17H28N4O3S.